The van der Waals surface area contributed by atoms with Gasteiger partial charge in [-0.05, 0) is 17.7 Å². The summed E-state index contributed by atoms with van der Waals surface area (Å²) < 4.78 is 5.73. The van der Waals surface area contributed by atoms with E-state index in [0.29, 0.717) is 11.3 Å². The zero-order valence-electron chi connectivity index (χ0n) is 9.61. The molecule has 1 heterocycles. The van der Waals surface area contributed by atoms with Crippen molar-refractivity contribution in [3.63, 3.8) is 0 Å². The number of ether oxygens (including phenoxy) is 1. The maximum atomic E-state index is 12.1. The lowest BCUT2D eigenvalue weighted by Crippen LogP contribution is -2.36. The van der Waals surface area contributed by atoms with Crippen molar-refractivity contribution >= 4 is 5.78 Å². The van der Waals surface area contributed by atoms with Gasteiger partial charge in [0.1, 0.15) is 5.75 Å². The molecule has 18 heavy (non-hydrogen) atoms. The standard InChI is InChI=1S/C15H12O3/c16-13-11-8-4-5-9-12(11)18-15(14(13)17)10-6-2-1-3-7-10/h1-9,14-15,17H/t14?,15-/m0/s1. The smallest absolute Gasteiger partial charge is 0.199 e. The van der Waals surface area contributed by atoms with Gasteiger partial charge in [-0.1, -0.05) is 42.5 Å². The molecule has 2 atom stereocenters. The summed E-state index contributed by atoms with van der Waals surface area (Å²) in [5.41, 5.74) is 1.24. The summed E-state index contributed by atoms with van der Waals surface area (Å²) in [6.45, 7) is 0. The lowest BCUT2D eigenvalue weighted by atomic mass is 9.94. The number of aliphatic hydroxyl groups is 1. The summed E-state index contributed by atoms with van der Waals surface area (Å²) in [6, 6.07) is 16.3. The number of para-hydroxylation sites is 1. The molecule has 2 aromatic rings. The normalized spacial score (nSPS) is 22.2. The summed E-state index contributed by atoms with van der Waals surface area (Å²) in [5.74, 6) is 0.243. The maximum absolute atomic E-state index is 12.1. The Labute approximate surface area is 105 Å². The third-order valence-corrected chi connectivity index (χ3v) is 3.09. The number of ketones is 1. The van der Waals surface area contributed by atoms with Gasteiger partial charge in [0.2, 0.25) is 0 Å². The van der Waals surface area contributed by atoms with Crippen molar-refractivity contribution < 1.29 is 14.6 Å². The predicted octanol–water partition coefficient (Wildman–Crippen LogP) is 2.36. The largest absolute Gasteiger partial charge is 0.482 e. The van der Waals surface area contributed by atoms with Crippen molar-refractivity contribution in [3.05, 3.63) is 65.7 Å². The van der Waals surface area contributed by atoms with Crippen LogP contribution in [-0.2, 0) is 0 Å². The molecule has 0 fully saturated rings. The number of hydrogen-bond acceptors (Lipinski definition) is 3. The second-order valence-corrected chi connectivity index (χ2v) is 4.25. The van der Waals surface area contributed by atoms with Crippen LogP contribution in [0, 0.1) is 0 Å². The highest BCUT2D eigenvalue weighted by Gasteiger charge is 2.36. The molecular weight excluding hydrogens is 228 g/mol. The number of benzene rings is 2. The summed E-state index contributed by atoms with van der Waals surface area (Å²) in [6.07, 6.45) is -1.78. The van der Waals surface area contributed by atoms with Crippen molar-refractivity contribution in [2.24, 2.45) is 0 Å². The zero-order valence-corrected chi connectivity index (χ0v) is 9.61. The molecular formula is C15H12O3. The molecule has 0 radical (unpaired) electrons. The van der Waals surface area contributed by atoms with Crippen LogP contribution >= 0.6 is 0 Å². The van der Waals surface area contributed by atoms with Gasteiger partial charge in [0.05, 0.1) is 5.56 Å². The number of rotatable bonds is 1. The molecule has 0 saturated carbocycles. The summed E-state index contributed by atoms with van der Waals surface area (Å²) in [7, 11) is 0. The van der Waals surface area contributed by atoms with Gasteiger partial charge < -0.3 is 9.84 Å². The first-order valence-electron chi connectivity index (χ1n) is 5.80. The minimum Gasteiger partial charge on any atom is -0.482 e. The fourth-order valence-corrected chi connectivity index (χ4v) is 2.16. The second kappa shape index (κ2) is 4.27. The molecule has 2 aromatic carbocycles. The van der Waals surface area contributed by atoms with Crippen LogP contribution in [0.2, 0.25) is 0 Å². The Morgan fingerprint density at radius 1 is 0.944 bits per heavy atom. The number of carbonyl (C=O) groups excluding carboxylic acids is 1. The molecule has 0 amide bonds. The van der Waals surface area contributed by atoms with E-state index >= 15 is 0 Å². The van der Waals surface area contributed by atoms with E-state index in [-0.39, 0.29) is 5.78 Å². The fraction of sp³-hybridized carbons (Fsp3) is 0.133. The van der Waals surface area contributed by atoms with Gasteiger partial charge in [0, 0.05) is 0 Å². The molecule has 90 valence electrons. The van der Waals surface area contributed by atoms with Crippen LogP contribution in [-0.4, -0.2) is 17.0 Å². The third-order valence-electron chi connectivity index (χ3n) is 3.09. The highest BCUT2D eigenvalue weighted by atomic mass is 16.5. The summed E-state index contributed by atoms with van der Waals surface area (Å²) in [4.78, 5) is 12.1. The van der Waals surface area contributed by atoms with Gasteiger partial charge in [-0.15, -0.1) is 0 Å². The highest BCUT2D eigenvalue weighted by Crippen LogP contribution is 2.34. The van der Waals surface area contributed by atoms with Crippen molar-refractivity contribution in [1.29, 1.82) is 0 Å². The Bertz CT molecular complexity index is 577. The third kappa shape index (κ3) is 1.69. The first-order valence-corrected chi connectivity index (χ1v) is 5.80. The van der Waals surface area contributed by atoms with E-state index in [1.807, 2.05) is 36.4 Å². The average Bonchev–Trinajstić information content (AvgIpc) is 2.44. The second-order valence-electron chi connectivity index (χ2n) is 4.25. The Morgan fingerprint density at radius 3 is 2.39 bits per heavy atom. The van der Waals surface area contributed by atoms with Crippen LogP contribution in [0.3, 0.4) is 0 Å². The van der Waals surface area contributed by atoms with E-state index in [0.717, 1.165) is 5.56 Å². The summed E-state index contributed by atoms with van der Waals surface area (Å²) >= 11 is 0. The van der Waals surface area contributed by atoms with Crippen LogP contribution in [0.5, 0.6) is 5.75 Å². The molecule has 1 aliphatic heterocycles. The van der Waals surface area contributed by atoms with E-state index < -0.39 is 12.2 Å². The first-order chi connectivity index (χ1) is 8.77. The van der Waals surface area contributed by atoms with Gasteiger partial charge in [-0.25, -0.2) is 0 Å². The van der Waals surface area contributed by atoms with E-state index in [1.165, 1.54) is 0 Å². The van der Waals surface area contributed by atoms with Crippen LogP contribution in [0.4, 0.5) is 0 Å². The lowest BCUT2D eigenvalue weighted by Gasteiger charge is -2.29. The molecule has 1 unspecified atom stereocenters. The lowest BCUT2D eigenvalue weighted by molar-refractivity contribution is 0.0216. The van der Waals surface area contributed by atoms with Gasteiger partial charge >= 0.3 is 0 Å². The fourth-order valence-electron chi connectivity index (χ4n) is 2.16. The van der Waals surface area contributed by atoms with Gasteiger partial charge in [0.15, 0.2) is 18.0 Å². The molecule has 0 aliphatic carbocycles. The Balaban J connectivity index is 2.04. The highest BCUT2D eigenvalue weighted by molar-refractivity contribution is 6.03. The summed E-state index contributed by atoms with van der Waals surface area (Å²) in [5, 5.41) is 10.1. The van der Waals surface area contributed by atoms with Crippen LogP contribution in [0.15, 0.2) is 54.6 Å². The van der Waals surface area contributed by atoms with Crippen molar-refractivity contribution in [2.75, 3.05) is 0 Å². The molecule has 0 spiro atoms. The Kier molecular flexibility index (Phi) is 2.61. The van der Waals surface area contributed by atoms with E-state index in [9.17, 15) is 9.90 Å². The van der Waals surface area contributed by atoms with E-state index in [2.05, 4.69) is 0 Å². The molecule has 1 aliphatic rings. The number of hydrogen-bond donors (Lipinski definition) is 1. The molecule has 3 nitrogen and oxygen atoms in total. The number of fused-ring (bicyclic) bond motifs is 1. The van der Waals surface area contributed by atoms with Crippen LogP contribution in [0.25, 0.3) is 0 Å². The first kappa shape index (κ1) is 11.0. The molecule has 0 bridgehead atoms. The zero-order chi connectivity index (χ0) is 12.5. The van der Waals surface area contributed by atoms with Crippen molar-refractivity contribution in [2.45, 2.75) is 12.2 Å². The van der Waals surface area contributed by atoms with Crippen molar-refractivity contribution in [1.82, 2.24) is 0 Å². The minimum atomic E-state index is -1.15. The molecule has 0 saturated heterocycles. The quantitative estimate of drug-likeness (QED) is 0.832. The van der Waals surface area contributed by atoms with Crippen LogP contribution in [0.1, 0.15) is 22.0 Å². The molecule has 3 heteroatoms. The maximum Gasteiger partial charge on any atom is 0.199 e. The Morgan fingerprint density at radius 2 is 1.61 bits per heavy atom. The topological polar surface area (TPSA) is 46.5 Å². The van der Waals surface area contributed by atoms with Gasteiger partial charge in [0.25, 0.3) is 0 Å². The van der Waals surface area contributed by atoms with E-state index in [1.54, 1.807) is 18.2 Å². The van der Waals surface area contributed by atoms with E-state index in [4.69, 9.17) is 4.74 Å². The minimum absolute atomic E-state index is 0.286. The number of aliphatic hydroxyl groups excluding tert-OH is 1. The Hall–Kier alpha value is -2.13. The SMILES string of the molecule is O=C1c2ccccc2O[C@@H](c2ccccc2)C1O. The molecule has 0 aromatic heterocycles. The average molecular weight is 240 g/mol. The van der Waals surface area contributed by atoms with Gasteiger partial charge in [-0.3, -0.25) is 4.79 Å². The number of carbonyl (C=O) groups is 1. The molecule has 3 rings (SSSR count). The monoisotopic (exact) mass is 240 g/mol. The predicted molar refractivity (Wildman–Crippen MR) is 66.6 cm³/mol. The van der Waals surface area contributed by atoms with Crippen LogP contribution < -0.4 is 4.74 Å². The van der Waals surface area contributed by atoms with Crippen molar-refractivity contribution in [3.8, 4) is 5.75 Å². The number of Topliss-reactive ketones (excluding diaryl/α,β-unsaturated/α-hetero) is 1. The van der Waals surface area contributed by atoms with Gasteiger partial charge in [-0.2, -0.15) is 0 Å². The molecule has 1 N–H and O–H groups in total.